The van der Waals surface area contributed by atoms with E-state index in [0.717, 1.165) is 30.0 Å². The van der Waals surface area contributed by atoms with Crippen molar-refractivity contribution in [3.05, 3.63) is 77.4 Å². The van der Waals surface area contributed by atoms with E-state index in [9.17, 15) is 0 Å². The summed E-state index contributed by atoms with van der Waals surface area (Å²) in [5.74, 6) is 2.79. The molecule has 0 radical (unpaired) electrons. The van der Waals surface area contributed by atoms with Gasteiger partial charge in [0.25, 0.3) is 0 Å². The van der Waals surface area contributed by atoms with Crippen LogP contribution >= 0.6 is 12.2 Å². The van der Waals surface area contributed by atoms with Gasteiger partial charge < -0.3 is 29.2 Å². The summed E-state index contributed by atoms with van der Waals surface area (Å²) in [5.41, 5.74) is 4.44. The molecule has 178 valence electrons. The topological polar surface area (TPSA) is 52.2 Å². The summed E-state index contributed by atoms with van der Waals surface area (Å²) in [5, 5.41) is 4.06. The Bertz CT molecular complexity index is 1170. The van der Waals surface area contributed by atoms with E-state index in [1.165, 1.54) is 11.1 Å². The van der Waals surface area contributed by atoms with Gasteiger partial charge in [-0.3, -0.25) is 0 Å². The Morgan fingerprint density at radius 1 is 0.912 bits per heavy atom. The van der Waals surface area contributed by atoms with Gasteiger partial charge in [-0.2, -0.15) is 0 Å². The van der Waals surface area contributed by atoms with E-state index < -0.39 is 0 Å². The molecule has 6 nitrogen and oxygen atoms in total. The number of hydrogen-bond donors (Lipinski definition) is 1. The van der Waals surface area contributed by atoms with Crippen LogP contribution in [-0.2, 0) is 6.42 Å². The average Bonchev–Trinajstić information content (AvgIpc) is 2.86. The molecule has 3 aromatic rings. The molecule has 1 atom stereocenters. The molecule has 0 spiro atoms. The number of anilines is 1. The third kappa shape index (κ3) is 5.04. The Morgan fingerprint density at radius 3 is 2.32 bits per heavy atom. The first-order chi connectivity index (χ1) is 16.5. The van der Waals surface area contributed by atoms with E-state index in [1.54, 1.807) is 21.3 Å². The number of thiocarbonyl (C=S) groups is 1. The predicted molar refractivity (Wildman–Crippen MR) is 139 cm³/mol. The van der Waals surface area contributed by atoms with Gasteiger partial charge in [0.2, 0.25) is 0 Å². The SMILES string of the molecule is COc1cc2c(cc1OC)[C@H](COc1ccccc1OC)N(C(=S)Nc1cccc(C)c1)CC2. The number of fused-ring (bicyclic) bond motifs is 1. The highest BCUT2D eigenvalue weighted by molar-refractivity contribution is 7.80. The van der Waals surface area contributed by atoms with E-state index in [0.29, 0.717) is 29.0 Å². The van der Waals surface area contributed by atoms with Crippen LogP contribution in [0.15, 0.2) is 60.7 Å². The molecule has 0 fully saturated rings. The predicted octanol–water partition coefficient (Wildman–Crippen LogP) is 5.40. The van der Waals surface area contributed by atoms with Crippen LogP contribution in [-0.4, -0.2) is 44.5 Å². The van der Waals surface area contributed by atoms with Gasteiger partial charge in [-0.05, 0) is 78.7 Å². The normalized spacial score (nSPS) is 14.7. The van der Waals surface area contributed by atoms with Gasteiger partial charge in [0.05, 0.1) is 27.4 Å². The number of benzene rings is 3. The first-order valence-electron chi connectivity index (χ1n) is 11.2. The Labute approximate surface area is 206 Å². The number of nitrogens with one attached hydrogen (secondary N) is 1. The number of rotatable bonds is 7. The summed E-state index contributed by atoms with van der Waals surface area (Å²) in [6, 6.07) is 19.8. The summed E-state index contributed by atoms with van der Waals surface area (Å²) in [6.07, 6.45) is 0.830. The Kier molecular flexibility index (Phi) is 7.43. The van der Waals surface area contributed by atoms with Crippen molar-refractivity contribution in [1.82, 2.24) is 4.90 Å². The number of para-hydroxylation sites is 2. The molecule has 7 heteroatoms. The summed E-state index contributed by atoms with van der Waals surface area (Å²) in [7, 11) is 4.94. The maximum Gasteiger partial charge on any atom is 0.174 e. The van der Waals surface area contributed by atoms with Crippen molar-refractivity contribution >= 4 is 23.0 Å². The lowest BCUT2D eigenvalue weighted by molar-refractivity contribution is 0.185. The molecule has 1 N–H and O–H groups in total. The Morgan fingerprint density at radius 2 is 1.62 bits per heavy atom. The van der Waals surface area contributed by atoms with E-state index in [1.807, 2.05) is 42.5 Å². The van der Waals surface area contributed by atoms with Crippen molar-refractivity contribution in [2.75, 3.05) is 39.8 Å². The van der Waals surface area contributed by atoms with Crippen LogP contribution in [0.5, 0.6) is 23.0 Å². The third-order valence-corrected chi connectivity index (χ3v) is 6.34. The number of hydrogen-bond acceptors (Lipinski definition) is 5. The number of methoxy groups -OCH3 is 3. The third-order valence-electron chi connectivity index (χ3n) is 6.00. The quantitative estimate of drug-likeness (QED) is 0.457. The largest absolute Gasteiger partial charge is 0.493 e. The molecule has 0 unspecified atom stereocenters. The summed E-state index contributed by atoms with van der Waals surface area (Å²) < 4.78 is 22.9. The van der Waals surface area contributed by atoms with Crippen LogP contribution < -0.4 is 24.3 Å². The van der Waals surface area contributed by atoms with Gasteiger partial charge in [0.15, 0.2) is 28.1 Å². The highest BCUT2D eigenvalue weighted by atomic mass is 32.1. The highest BCUT2D eigenvalue weighted by Gasteiger charge is 2.31. The smallest absolute Gasteiger partial charge is 0.174 e. The first-order valence-corrected chi connectivity index (χ1v) is 11.6. The van der Waals surface area contributed by atoms with Gasteiger partial charge in [0, 0.05) is 12.2 Å². The minimum atomic E-state index is -0.127. The molecule has 0 bridgehead atoms. The zero-order valence-corrected chi connectivity index (χ0v) is 20.8. The molecule has 0 aromatic heterocycles. The second-order valence-corrected chi connectivity index (χ2v) is 8.51. The van der Waals surface area contributed by atoms with Crippen LogP contribution in [0.25, 0.3) is 0 Å². The first kappa shape index (κ1) is 23.7. The van der Waals surface area contributed by atoms with Crippen LogP contribution in [0, 0.1) is 6.92 Å². The fraction of sp³-hybridized carbons (Fsp3) is 0.296. The van der Waals surface area contributed by atoms with Gasteiger partial charge in [-0.25, -0.2) is 0 Å². The van der Waals surface area contributed by atoms with E-state index in [2.05, 4.69) is 35.3 Å². The minimum absolute atomic E-state index is 0.127. The molecule has 1 aliphatic heterocycles. The summed E-state index contributed by atoms with van der Waals surface area (Å²) in [4.78, 5) is 2.18. The molecule has 3 aromatic carbocycles. The molecule has 0 aliphatic carbocycles. The number of nitrogens with zero attached hydrogens (tertiary/aromatic N) is 1. The minimum Gasteiger partial charge on any atom is -0.493 e. The van der Waals surface area contributed by atoms with Crippen molar-refractivity contribution in [3.8, 4) is 23.0 Å². The number of aryl methyl sites for hydroxylation is 1. The van der Waals surface area contributed by atoms with Crippen LogP contribution in [0.3, 0.4) is 0 Å². The van der Waals surface area contributed by atoms with E-state index in [4.69, 9.17) is 31.2 Å². The molecular formula is C27H30N2O4S. The second-order valence-electron chi connectivity index (χ2n) is 8.13. The standard InChI is InChI=1S/C27H30N2O4S/c1-18-8-7-9-20(14-18)28-27(34)29-13-12-19-15-25(31-3)26(32-4)16-21(19)22(29)17-33-24-11-6-5-10-23(24)30-2/h5-11,14-16,22H,12-13,17H2,1-4H3,(H,28,34)/t22-/m0/s1. The molecule has 0 saturated carbocycles. The molecule has 1 heterocycles. The lowest BCUT2D eigenvalue weighted by Crippen LogP contribution is -2.44. The van der Waals surface area contributed by atoms with Crippen LogP contribution in [0.4, 0.5) is 5.69 Å². The highest BCUT2D eigenvalue weighted by Crippen LogP contribution is 2.39. The second kappa shape index (κ2) is 10.7. The van der Waals surface area contributed by atoms with Gasteiger partial charge in [-0.15, -0.1) is 0 Å². The van der Waals surface area contributed by atoms with Crippen molar-refractivity contribution in [2.24, 2.45) is 0 Å². The maximum atomic E-state index is 6.28. The van der Waals surface area contributed by atoms with Crippen molar-refractivity contribution < 1.29 is 18.9 Å². The van der Waals surface area contributed by atoms with Crippen molar-refractivity contribution in [2.45, 2.75) is 19.4 Å². The molecule has 34 heavy (non-hydrogen) atoms. The van der Waals surface area contributed by atoms with Crippen LogP contribution in [0.1, 0.15) is 22.7 Å². The number of ether oxygens (including phenoxy) is 4. The molecule has 0 amide bonds. The Hall–Kier alpha value is -3.45. The molecule has 0 saturated heterocycles. The van der Waals surface area contributed by atoms with Crippen LogP contribution in [0.2, 0.25) is 0 Å². The fourth-order valence-electron chi connectivity index (χ4n) is 4.28. The Balaban J connectivity index is 1.66. The van der Waals surface area contributed by atoms with Gasteiger partial charge in [-0.1, -0.05) is 24.3 Å². The molecular weight excluding hydrogens is 448 g/mol. The van der Waals surface area contributed by atoms with E-state index >= 15 is 0 Å². The summed E-state index contributed by atoms with van der Waals surface area (Å²) in [6.45, 7) is 3.20. The zero-order valence-electron chi connectivity index (χ0n) is 20.0. The lowest BCUT2D eigenvalue weighted by Gasteiger charge is -2.39. The fourth-order valence-corrected chi connectivity index (χ4v) is 4.61. The molecule has 1 aliphatic rings. The molecule has 4 rings (SSSR count). The maximum absolute atomic E-state index is 6.28. The van der Waals surface area contributed by atoms with Gasteiger partial charge >= 0.3 is 0 Å². The monoisotopic (exact) mass is 478 g/mol. The summed E-state index contributed by atoms with van der Waals surface area (Å²) >= 11 is 5.87. The average molecular weight is 479 g/mol. The zero-order chi connectivity index (χ0) is 24.1. The lowest BCUT2D eigenvalue weighted by atomic mass is 9.92. The van der Waals surface area contributed by atoms with E-state index in [-0.39, 0.29) is 6.04 Å². The van der Waals surface area contributed by atoms with Crippen molar-refractivity contribution in [1.29, 1.82) is 0 Å². The van der Waals surface area contributed by atoms with Gasteiger partial charge in [0.1, 0.15) is 6.61 Å². The van der Waals surface area contributed by atoms with Crippen molar-refractivity contribution in [3.63, 3.8) is 0 Å².